The first-order valence-electron chi connectivity index (χ1n) is 8.17. The normalized spacial score (nSPS) is 21.4. The van der Waals surface area contributed by atoms with Crippen LogP contribution >= 0.6 is 0 Å². The molecule has 1 atom stereocenters. The number of hydrogen-bond donors (Lipinski definition) is 1. The summed E-state index contributed by atoms with van der Waals surface area (Å²) in [5.74, 6) is -1.01. The Hall–Kier alpha value is -2.22. The maximum Gasteiger partial charge on any atom is 0.358 e. The van der Waals surface area contributed by atoms with Crippen molar-refractivity contribution in [3.05, 3.63) is 29.8 Å². The highest BCUT2D eigenvalue weighted by atomic mass is 32.2. The maximum absolute atomic E-state index is 12.2. The van der Waals surface area contributed by atoms with Gasteiger partial charge in [0, 0.05) is 24.3 Å². The number of sulfone groups is 1. The molecule has 2 fully saturated rings. The summed E-state index contributed by atoms with van der Waals surface area (Å²) in [6.45, 7) is 0.191. The lowest BCUT2D eigenvalue weighted by Gasteiger charge is -2.08. The summed E-state index contributed by atoms with van der Waals surface area (Å²) in [6.07, 6.45) is 3.03. The van der Waals surface area contributed by atoms with Crippen LogP contribution in [0, 0.1) is 5.92 Å². The van der Waals surface area contributed by atoms with Crippen LogP contribution in [0.25, 0.3) is 0 Å². The number of oxime groups is 1. The third kappa shape index (κ3) is 4.07. The third-order valence-corrected chi connectivity index (χ3v) is 6.71. The second-order valence-electron chi connectivity index (χ2n) is 6.46. The predicted octanol–water partition coefficient (Wildman–Crippen LogP) is 1.80. The summed E-state index contributed by atoms with van der Waals surface area (Å²) in [5, 5.41) is 12.7. The van der Waals surface area contributed by atoms with Gasteiger partial charge < -0.3 is 9.94 Å². The quantitative estimate of drug-likeness (QED) is 0.583. The molecule has 2 aliphatic carbocycles. The smallest absolute Gasteiger partial charge is 0.358 e. The number of carbonyl (C=O) groups excluding carboxylic acids is 1. The molecule has 0 radical (unpaired) electrons. The molecule has 3 rings (SSSR count). The standard InChI is InChI=1S/C17H19NO6S/c19-13-4-1-11(9-13)10-24-18-16(17(20)21)12-2-5-14(6-3-12)25(22,23)15-7-8-15/h2-3,5-6,11,15H,1,4,7-10H2,(H,20,21)/t11-/m0/s1. The molecule has 25 heavy (non-hydrogen) atoms. The molecule has 7 nitrogen and oxygen atoms in total. The second-order valence-corrected chi connectivity index (χ2v) is 8.69. The molecule has 0 unspecified atom stereocenters. The fourth-order valence-electron chi connectivity index (χ4n) is 2.83. The molecule has 1 N–H and O–H groups in total. The first-order chi connectivity index (χ1) is 11.9. The number of carboxylic acids is 1. The van der Waals surface area contributed by atoms with Crippen LogP contribution in [0.2, 0.25) is 0 Å². The Morgan fingerprint density at radius 1 is 1.20 bits per heavy atom. The van der Waals surface area contributed by atoms with Crippen molar-refractivity contribution in [1.29, 1.82) is 0 Å². The summed E-state index contributed by atoms with van der Waals surface area (Å²) < 4.78 is 24.3. The summed E-state index contributed by atoms with van der Waals surface area (Å²) in [4.78, 5) is 27.9. The molecule has 2 aliphatic rings. The number of nitrogens with zero attached hydrogens (tertiary/aromatic N) is 1. The first kappa shape index (κ1) is 17.6. The summed E-state index contributed by atoms with van der Waals surface area (Å²) in [6, 6.07) is 5.64. The van der Waals surface area contributed by atoms with Gasteiger partial charge in [-0.15, -0.1) is 0 Å². The lowest BCUT2D eigenvalue weighted by Crippen LogP contribution is -2.16. The number of aliphatic carboxylic acids is 1. The zero-order valence-corrected chi connectivity index (χ0v) is 14.4. The van der Waals surface area contributed by atoms with Gasteiger partial charge in [0.25, 0.3) is 0 Å². The lowest BCUT2D eigenvalue weighted by atomic mass is 10.1. The molecule has 2 saturated carbocycles. The summed E-state index contributed by atoms with van der Waals surface area (Å²) in [5.41, 5.74) is -0.0237. The van der Waals surface area contributed by atoms with E-state index in [0.29, 0.717) is 25.7 Å². The van der Waals surface area contributed by atoms with Gasteiger partial charge in [-0.25, -0.2) is 13.2 Å². The molecule has 0 aromatic heterocycles. The minimum atomic E-state index is -3.31. The molecule has 0 amide bonds. The van der Waals surface area contributed by atoms with Crippen LogP contribution in [-0.2, 0) is 24.3 Å². The first-order valence-corrected chi connectivity index (χ1v) is 9.72. The molecule has 0 heterocycles. The second kappa shape index (κ2) is 6.95. The van der Waals surface area contributed by atoms with Crippen LogP contribution in [0.15, 0.2) is 34.3 Å². The average molecular weight is 365 g/mol. The molecule has 134 valence electrons. The van der Waals surface area contributed by atoms with E-state index in [1.165, 1.54) is 24.3 Å². The fourth-order valence-corrected chi connectivity index (χ4v) is 4.49. The van der Waals surface area contributed by atoms with Gasteiger partial charge in [-0.3, -0.25) is 4.79 Å². The van der Waals surface area contributed by atoms with Crippen molar-refractivity contribution in [1.82, 2.24) is 0 Å². The maximum atomic E-state index is 12.2. The molecule has 1 aromatic carbocycles. The Balaban J connectivity index is 1.70. The van der Waals surface area contributed by atoms with Gasteiger partial charge in [0.15, 0.2) is 15.5 Å². The molecule has 0 saturated heterocycles. The van der Waals surface area contributed by atoms with Gasteiger partial charge in [0.2, 0.25) is 0 Å². The minimum Gasteiger partial charge on any atom is -0.476 e. The van der Waals surface area contributed by atoms with Gasteiger partial charge in [-0.1, -0.05) is 17.3 Å². The van der Waals surface area contributed by atoms with E-state index in [0.717, 1.165) is 6.42 Å². The van der Waals surface area contributed by atoms with E-state index in [9.17, 15) is 23.1 Å². The SMILES string of the molecule is O=C1CC[C@H](CON=C(C(=O)O)c2ccc(S(=O)(=O)C3CC3)cc2)C1. The topological polar surface area (TPSA) is 110 Å². The van der Waals surface area contributed by atoms with Crippen LogP contribution < -0.4 is 0 Å². The molecule has 0 aliphatic heterocycles. The summed E-state index contributed by atoms with van der Waals surface area (Å²) >= 11 is 0. The van der Waals surface area contributed by atoms with E-state index in [4.69, 9.17) is 4.84 Å². The van der Waals surface area contributed by atoms with Crippen molar-refractivity contribution in [3.63, 3.8) is 0 Å². The van der Waals surface area contributed by atoms with Crippen LogP contribution in [0.4, 0.5) is 0 Å². The van der Waals surface area contributed by atoms with Crippen LogP contribution in [0.3, 0.4) is 0 Å². The monoisotopic (exact) mass is 365 g/mol. The Bertz CT molecular complexity index is 808. The highest BCUT2D eigenvalue weighted by Crippen LogP contribution is 2.33. The molecular weight excluding hydrogens is 346 g/mol. The van der Waals surface area contributed by atoms with E-state index >= 15 is 0 Å². The Morgan fingerprint density at radius 3 is 2.40 bits per heavy atom. The number of Topliss-reactive ketones (excluding diaryl/α,β-unsaturated/α-hetero) is 1. The van der Waals surface area contributed by atoms with E-state index in [1.807, 2.05) is 0 Å². The zero-order valence-electron chi connectivity index (χ0n) is 13.6. The molecule has 0 spiro atoms. The Labute approximate surface area is 145 Å². The minimum absolute atomic E-state index is 0.0670. The predicted molar refractivity (Wildman–Crippen MR) is 89.1 cm³/mol. The highest BCUT2D eigenvalue weighted by molar-refractivity contribution is 7.92. The van der Waals surface area contributed by atoms with Gasteiger partial charge in [0.1, 0.15) is 12.4 Å². The number of carbonyl (C=O) groups is 2. The zero-order chi connectivity index (χ0) is 18.0. The molecular formula is C17H19NO6S. The molecule has 1 aromatic rings. The van der Waals surface area contributed by atoms with Crippen molar-refractivity contribution in [2.45, 2.75) is 42.2 Å². The van der Waals surface area contributed by atoms with Crippen molar-refractivity contribution in [3.8, 4) is 0 Å². The highest BCUT2D eigenvalue weighted by Gasteiger charge is 2.36. The Kier molecular flexibility index (Phi) is 4.89. The van der Waals surface area contributed by atoms with E-state index in [1.54, 1.807) is 0 Å². The van der Waals surface area contributed by atoms with Gasteiger partial charge in [-0.2, -0.15) is 0 Å². The largest absolute Gasteiger partial charge is 0.476 e. The number of rotatable bonds is 7. The van der Waals surface area contributed by atoms with Crippen LogP contribution in [-0.4, -0.2) is 42.8 Å². The van der Waals surface area contributed by atoms with E-state index < -0.39 is 15.8 Å². The number of benzene rings is 1. The molecule has 8 heteroatoms. The number of carboxylic acid groups (broad SMARTS) is 1. The van der Waals surface area contributed by atoms with E-state index in [-0.39, 0.29) is 39.7 Å². The van der Waals surface area contributed by atoms with Crippen molar-refractivity contribution in [2.24, 2.45) is 11.1 Å². The third-order valence-electron chi connectivity index (χ3n) is 4.44. The summed E-state index contributed by atoms with van der Waals surface area (Å²) in [7, 11) is -3.31. The van der Waals surface area contributed by atoms with E-state index in [2.05, 4.69) is 5.16 Å². The van der Waals surface area contributed by atoms with Gasteiger partial charge in [0.05, 0.1) is 10.1 Å². The van der Waals surface area contributed by atoms with Crippen LogP contribution in [0.5, 0.6) is 0 Å². The number of hydrogen-bond acceptors (Lipinski definition) is 6. The van der Waals surface area contributed by atoms with Gasteiger partial charge in [-0.05, 0) is 31.4 Å². The van der Waals surface area contributed by atoms with Gasteiger partial charge >= 0.3 is 5.97 Å². The van der Waals surface area contributed by atoms with Crippen LogP contribution in [0.1, 0.15) is 37.7 Å². The lowest BCUT2D eigenvalue weighted by molar-refractivity contribution is -0.129. The Morgan fingerprint density at radius 2 is 1.88 bits per heavy atom. The number of ketones is 1. The fraction of sp³-hybridized carbons (Fsp3) is 0.471. The molecule has 0 bridgehead atoms. The average Bonchev–Trinajstić information content (AvgIpc) is 3.35. The van der Waals surface area contributed by atoms with Crippen molar-refractivity contribution in [2.75, 3.05) is 6.61 Å². The van der Waals surface area contributed by atoms with Crippen molar-refractivity contribution >= 4 is 27.3 Å². The van der Waals surface area contributed by atoms with Crippen molar-refractivity contribution < 1.29 is 28.0 Å².